The van der Waals surface area contributed by atoms with Gasteiger partial charge in [-0.25, -0.2) is 0 Å². The zero-order chi connectivity index (χ0) is 15.6. The molecule has 2 rings (SSSR count). The summed E-state index contributed by atoms with van der Waals surface area (Å²) in [5.74, 6) is 1.14. The van der Waals surface area contributed by atoms with E-state index in [1.807, 2.05) is 0 Å². The Balaban J connectivity index is 2.60. The molecule has 0 unspecified atom stereocenters. The largest absolute Gasteiger partial charge is 0.496 e. The number of benzene rings is 1. The topological polar surface area (TPSA) is 62.6 Å². The first-order valence-electron chi connectivity index (χ1n) is 6.05. The summed E-state index contributed by atoms with van der Waals surface area (Å²) in [5.41, 5.74) is 0.806. The lowest BCUT2D eigenvalue weighted by atomic mass is 10.1. The predicted molar refractivity (Wildman–Crippen MR) is 80.4 cm³/mol. The van der Waals surface area contributed by atoms with E-state index in [1.54, 1.807) is 25.4 Å². The number of hydrogen-bond donors (Lipinski definition) is 0. The van der Waals surface area contributed by atoms with Crippen LogP contribution in [-0.4, -0.2) is 36.9 Å². The molecule has 0 aliphatic rings. The fraction of sp³-hybridized carbons (Fsp3) is 0.286. The van der Waals surface area contributed by atoms with Crippen molar-refractivity contribution in [2.75, 3.05) is 21.3 Å². The Hall–Kier alpha value is -2.02. The van der Waals surface area contributed by atoms with Crippen molar-refractivity contribution in [1.82, 2.24) is 9.78 Å². The third kappa shape index (κ3) is 2.73. The number of methoxy groups -OCH3 is 3. The van der Waals surface area contributed by atoms with Crippen LogP contribution in [0, 0.1) is 0 Å². The third-order valence-corrected chi connectivity index (χ3v) is 3.64. The van der Waals surface area contributed by atoms with Gasteiger partial charge in [-0.05, 0) is 22.0 Å². The molecule has 0 radical (unpaired) electrons. The molecule has 7 heteroatoms. The number of halogens is 1. The molecule has 112 valence electrons. The Labute approximate surface area is 130 Å². The highest BCUT2D eigenvalue weighted by Gasteiger charge is 2.23. The summed E-state index contributed by atoms with van der Waals surface area (Å²) in [6, 6.07) is 3.22. The number of aryl methyl sites for hydroxylation is 1. The van der Waals surface area contributed by atoms with Crippen LogP contribution in [0.1, 0.15) is 16.1 Å². The summed E-state index contributed by atoms with van der Waals surface area (Å²) < 4.78 is 17.9. The minimum absolute atomic E-state index is 0.223. The molecule has 6 nitrogen and oxygen atoms in total. The summed E-state index contributed by atoms with van der Waals surface area (Å²) in [6.45, 7) is 0. The van der Waals surface area contributed by atoms with Gasteiger partial charge in [0.05, 0.1) is 37.6 Å². The van der Waals surface area contributed by atoms with E-state index < -0.39 is 0 Å². The Morgan fingerprint density at radius 3 is 2.14 bits per heavy atom. The SMILES string of the molecule is COc1cc(OC)c(C(=O)c2c(Br)cnn2C)cc1OC. The van der Waals surface area contributed by atoms with Crippen molar-refractivity contribution >= 4 is 21.7 Å². The van der Waals surface area contributed by atoms with E-state index in [2.05, 4.69) is 21.0 Å². The number of aromatic nitrogens is 2. The second kappa shape index (κ2) is 6.17. The molecule has 0 aliphatic heterocycles. The van der Waals surface area contributed by atoms with Crippen LogP contribution < -0.4 is 14.2 Å². The Morgan fingerprint density at radius 1 is 1.10 bits per heavy atom. The number of ketones is 1. The van der Waals surface area contributed by atoms with Crippen LogP contribution in [0.4, 0.5) is 0 Å². The van der Waals surface area contributed by atoms with E-state index in [0.717, 1.165) is 0 Å². The Kier molecular flexibility index (Phi) is 4.52. The molecule has 0 bridgehead atoms. The average Bonchev–Trinajstić information content (AvgIpc) is 2.84. The molecule has 2 aromatic rings. The summed E-state index contributed by atoms with van der Waals surface area (Å²) >= 11 is 3.32. The van der Waals surface area contributed by atoms with E-state index >= 15 is 0 Å². The second-order valence-corrected chi connectivity index (χ2v) is 5.06. The van der Waals surface area contributed by atoms with Crippen molar-refractivity contribution in [3.63, 3.8) is 0 Å². The average molecular weight is 355 g/mol. The Morgan fingerprint density at radius 2 is 1.67 bits per heavy atom. The molecule has 0 aliphatic carbocycles. The van der Waals surface area contributed by atoms with Crippen LogP contribution in [0.15, 0.2) is 22.8 Å². The molecule has 1 heterocycles. The highest BCUT2D eigenvalue weighted by Crippen LogP contribution is 2.36. The maximum atomic E-state index is 12.7. The fourth-order valence-corrected chi connectivity index (χ4v) is 2.53. The molecular weight excluding hydrogens is 340 g/mol. The number of nitrogens with zero attached hydrogens (tertiary/aromatic N) is 2. The zero-order valence-electron chi connectivity index (χ0n) is 12.1. The molecule has 0 amide bonds. The van der Waals surface area contributed by atoms with Crippen molar-refractivity contribution in [3.05, 3.63) is 34.1 Å². The minimum Gasteiger partial charge on any atom is -0.496 e. The lowest BCUT2D eigenvalue weighted by molar-refractivity contribution is 0.102. The molecule has 1 aromatic carbocycles. The van der Waals surface area contributed by atoms with Gasteiger partial charge in [-0.1, -0.05) is 0 Å². The van der Waals surface area contributed by atoms with Gasteiger partial charge in [0.1, 0.15) is 11.4 Å². The maximum absolute atomic E-state index is 12.7. The van der Waals surface area contributed by atoms with E-state index in [9.17, 15) is 4.79 Å². The van der Waals surface area contributed by atoms with Gasteiger partial charge in [-0.3, -0.25) is 9.48 Å². The first-order chi connectivity index (χ1) is 10.0. The standard InChI is InChI=1S/C14H15BrN2O4/c1-17-13(9(15)7-16-17)14(18)8-5-11(20-3)12(21-4)6-10(8)19-2/h5-7H,1-4H3. The number of rotatable bonds is 5. The van der Waals surface area contributed by atoms with Crippen LogP contribution in [0.25, 0.3) is 0 Å². The van der Waals surface area contributed by atoms with Crippen molar-refractivity contribution in [1.29, 1.82) is 0 Å². The van der Waals surface area contributed by atoms with Crippen LogP contribution in [-0.2, 0) is 7.05 Å². The molecule has 0 atom stereocenters. The van der Waals surface area contributed by atoms with Crippen LogP contribution >= 0.6 is 15.9 Å². The lowest BCUT2D eigenvalue weighted by Gasteiger charge is -2.13. The summed E-state index contributed by atoms with van der Waals surface area (Å²) in [7, 11) is 6.23. The monoisotopic (exact) mass is 354 g/mol. The molecule has 1 aromatic heterocycles. The fourth-order valence-electron chi connectivity index (χ4n) is 2.00. The zero-order valence-corrected chi connectivity index (χ0v) is 13.7. The third-order valence-electron chi connectivity index (χ3n) is 3.06. The van der Waals surface area contributed by atoms with Gasteiger partial charge >= 0.3 is 0 Å². The number of carbonyl (C=O) groups is 1. The highest BCUT2D eigenvalue weighted by atomic mass is 79.9. The van der Waals surface area contributed by atoms with Gasteiger partial charge in [-0.2, -0.15) is 5.10 Å². The predicted octanol–water partition coefficient (Wildman–Crippen LogP) is 2.44. The lowest BCUT2D eigenvalue weighted by Crippen LogP contribution is -2.11. The first kappa shape index (κ1) is 15.4. The van der Waals surface area contributed by atoms with Crippen molar-refractivity contribution in [2.24, 2.45) is 7.05 Å². The molecule has 0 N–H and O–H groups in total. The molecule has 0 fully saturated rings. The number of hydrogen-bond acceptors (Lipinski definition) is 5. The normalized spacial score (nSPS) is 10.3. The van der Waals surface area contributed by atoms with Crippen LogP contribution in [0.3, 0.4) is 0 Å². The van der Waals surface area contributed by atoms with Gasteiger partial charge in [0.15, 0.2) is 11.5 Å². The van der Waals surface area contributed by atoms with E-state index in [1.165, 1.54) is 26.0 Å². The van der Waals surface area contributed by atoms with Crippen molar-refractivity contribution < 1.29 is 19.0 Å². The molecule has 21 heavy (non-hydrogen) atoms. The molecule has 0 spiro atoms. The summed E-state index contributed by atoms with van der Waals surface area (Å²) in [6.07, 6.45) is 1.57. The highest BCUT2D eigenvalue weighted by molar-refractivity contribution is 9.10. The van der Waals surface area contributed by atoms with Gasteiger partial charge in [0, 0.05) is 13.1 Å². The smallest absolute Gasteiger partial charge is 0.216 e. The van der Waals surface area contributed by atoms with Gasteiger partial charge in [0.2, 0.25) is 5.78 Å². The van der Waals surface area contributed by atoms with Gasteiger partial charge in [-0.15, -0.1) is 0 Å². The maximum Gasteiger partial charge on any atom is 0.216 e. The molecular formula is C14H15BrN2O4. The summed E-state index contributed by atoms with van der Waals surface area (Å²) in [5, 5.41) is 4.05. The van der Waals surface area contributed by atoms with E-state index in [-0.39, 0.29) is 5.78 Å². The number of ether oxygens (including phenoxy) is 3. The molecule has 0 saturated carbocycles. The van der Waals surface area contributed by atoms with Gasteiger partial charge < -0.3 is 14.2 Å². The minimum atomic E-state index is -0.223. The van der Waals surface area contributed by atoms with Crippen molar-refractivity contribution in [2.45, 2.75) is 0 Å². The van der Waals surface area contributed by atoms with E-state index in [4.69, 9.17) is 14.2 Å². The Bertz CT molecular complexity index is 662. The van der Waals surface area contributed by atoms with E-state index in [0.29, 0.717) is 33.0 Å². The second-order valence-electron chi connectivity index (χ2n) is 4.20. The van der Waals surface area contributed by atoms with Gasteiger partial charge in [0.25, 0.3) is 0 Å². The van der Waals surface area contributed by atoms with Crippen molar-refractivity contribution in [3.8, 4) is 17.2 Å². The quantitative estimate of drug-likeness (QED) is 0.771. The molecule has 0 saturated heterocycles. The van der Waals surface area contributed by atoms with Crippen LogP contribution in [0.2, 0.25) is 0 Å². The number of carbonyl (C=O) groups excluding carboxylic acids is 1. The summed E-state index contributed by atoms with van der Waals surface area (Å²) in [4.78, 5) is 12.7. The first-order valence-corrected chi connectivity index (χ1v) is 6.85. The van der Waals surface area contributed by atoms with Crippen LogP contribution in [0.5, 0.6) is 17.2 Å².